The van der Waals surface area contributed by atoms with Crippen LogP contribution in [-0.2, 0) is 9.59 Å². The minimum atomic E-state index is -1.30. The van der Waals surface area contributed by atoms with Crippen molar-refractivity contribution in [2.45, 2.75) is 12.8 Å². The van der Waals surface area contributed by atoms with Crippen molar-refractivity contribution < 1.29 is 29.0 Å². The second-order valence-electron chi connectivity index (χ2n) is 6.62. The average molecular weight is 439 g/mol. The maximum Gasteiger partial charge on any atom is 0.293 e. The van der Waals surface area contributed by atoms with E-state index < -0.39 is 5.97 Å². The number of carbonyl (C=O) groups excluding carboxylic acids is 4. The summed E-state index contributed by atoms with van der Waals surface area (Å²) in [5, 5.41) is 13.0. The van der Waals surface area contributed by atoms with Crippen LogP contribution in [-0.4, -0.2) is 41.6 Å². The lowest BCUT2D eigenvalue weighted by Gasteiger charge is -2.12. The largest absolute Gasteiger partial charge is 0.545 e. The number of ether oxygens (including phenoxy) is 1. The zero-order valence-corrected chi connectivity index (χ0v) is 17.4. The molecule has 0 radical (unpaired) electrons. The van der Waals surface area contributed by atoms with Crippen molar-refractivity contribution in [3.63, 3.8) is 0 Å². The fraction of sp³-hybridized carbons (Fsp3) is 0.182. The van der Waals surface area contributed by atoms with E-state index in [1.165, 1.54) is 24.3 Å². The lowest BCUT2D eigenvalue weighted by molar-refractivity contribution is -0.255. The van der Waals surface area contributed by atoms with Crippen molar-refractivity contribution >= 4 is 46.5 Å². The molecule has 0 bridgehead atoms. The molecule has 0 aliphatic carbocycles. The summed E-state index contributed by atoms with van der Waals surface area (Å²) in [5.41, 5.74) is 1.24. The molecule has 3 amide bonds. The summed E-state index contributed by atoms with van der Waals surface area (Å²) in [5.74, 6) is -1.29. The minimum absolute atomic E-state index is 0.0139. The van der Waals surface area contributed by atoms with E-state index >= 15 is 0 Å². The first-order chi connectivity index (χ1) is 14.9. The van der Waals surface area contributed by atoms with E-state index in [-0.39, 0.29) is 35.6 Å². The molecule has 9 heteroatoms. The van der Waals surface area contributed by atoms with Gasteiger partial charge in [-0.25, -0.2) is 0 Å². The van der Waals surface area contributed by atoms with Crippen molar-refractivity contribution in [3.05, 3.63) is 64.6 Å². The number of carboxylic acids is 1. The summed E-state index contributed by atoms with van der Waals surface area (Å²) >= 11 is 0.865. The summed E-state index contributed by atoms with van der Waals surface area (Å²) in [4.78, 5) is 49.0. The molecule has 2 aromatic rings. The number of methoxy groups -OCH3 is 1. The topological polar surface area (TPSA) is 116 Å². The van der Waals surface area contributed by atoms with Crippen molar-refractivity contribution in [2.24, 2.45) is 0 Å². The number of carboxylic acid groups (broad SMARTS) is 1. The zero-order chi connectivity index (χ0) is 22.4. The highest BCUT2D eigenvalue weighted by molar-refractivity contribution is 8.18. The quantitative estimate of drug-likeness (QED) is 0.628. The maximum absolute atomic E-state index is 12.5. The Hall–Kier alpha value is -3.59. The van der Waals surface area contributed by atoms with Crippen LogP contribution in [0, 0.1) is 0 Å². The molecule has 0 saturated carbocycles. The number of anilines is 1. The van der Waals surface area contributed by atoms with Gasteiger partial charge in [-0.05, 0) is 59.7 Å². The Kier molecular flexibility index (Phi) is 7.09. The van der Waals surface area contributed by atoms with Gasteiger partial charge in [0.1, 0.15) is 5.75 Å². The van der Waals surface area contributed by atoms with E-state index in [2.05, 4.69) is 5.32 Å². The summed E-state index contributed by atoms with van der Waals surface area (Å²) < 4.78 is 5.10. The van der Waals surface area contributed by atoms with Gasteiger partial charge in [-0.3, -0.25) is 19.3 Å². The number of nitrogens with zero attached hydrogens (tertiary/aromatic N) is 1. The number of rotatable bonds is 8. The van der Waals surface area contributed by atoms with Crippen molar-refractivity contribution in [2.75, 3.05) is 19.0 Å². The van der Waals surface area contributed by atoms with Gasteiger partial charge >= 0.3 is 0 Å². The van der Waals surface area contributed by atoms with E-state index in [9.17, 15) is 24.3 Å². The Morgan fingerprint density at radius 2 is 1.77 bits per heavy atom. The molecule has 1 heterocycles. The van der Waals surface area contributed by atoms with Crippen LogP contribution in [0.3, 0.4) is 0 Å². The van der Waals surface area contributed by atoms with Gasteiger partial charge in [0.15, 0.2) is 0 Å². The molecular weight excluding hydrogens is 420 g/mol. The van der Waals surface area contributed by atoms with Gasteiger partial charge in [0.05, 0.1) is 18.0 Å². The van der Waals surface area contributed by atoms with Gasteiger partial charge in [-0.2, -0.15) is 0 Å². The zero-order valence-electron chi connectivity index (χ0n) is 16.6. The highest BCUT2D eigenvalue weighted by atomic mass is 32.2. The fourth-order valence-corrected chi connectivity index (χ4v) is 3.72. The van der Waals surface area contributed by atoms with Crippen molar-refractivity contribution in [1.82, 2.24) is 4.90 Å². The predicted octanol–water partition coefficient (Wildman–Crippen LogP) is 2.51. The number of carbonyl (C=O) groups is 4. The van der Waals surface area contributed by atoms with Crippen LogP contribution in [0.5, 0.6) is 5.75 Å². The fourth-order valence-electron chi connectivity index (χ4n) is 2.86. The standard InChI is InChI=1S/C22H20N2O6S/c1-30-17-10-4-14(5-11-17)13-18-20(26)24(22(29)31-18)12-2-3-19(25)23-16-8-6-15(7-9-16)21(27)28/h4-11,13H,2-3,12H2,1H3,(H,23,25)(H,27,28)/p-1/b18-13-. The van der Waals surface area contributed by atoms with Crippen LogP contribution in [0.1, 0.15) is 28.8 Å². The monoisotopic (exact) mass is 439 g/mol. The van der Waals surface area contributed by atoms with Crippen LogP contribution < -0.4 is 15.2 Å². The van der Waals surface area contributed by atoms with Gasteiger partial charge in [-0.15, -0.1) is 0 Å². The number of hydrogen-bond acceptors (Lipinski definition) is 7. The lowest BCUT2D eigenvalue weighted by Crippen LogP contribution is -2.29. The van der Waals surface area contributed by atoms with E-state index in [0.29, 0.717) is 22.8 Å². The van der Waals surface area contributed by atoms with Gasteiger partial charge in [0.25, 0.3) is 11.1 Å². The van der Waals surface area contributed by atoms with Crippen molar-refractivity contribution in [1.29, 1.82) is 0 Å². The summed E-state index contributed by atoms with van der Waals surface area (Å²) in [6.45, 7) is 0.127. The normalized spacial score (nSPS) is 14.7. The van der Waals surface area contributed by atoms with Gasteiger partial charge in [0, 0.05) is 18.7 Å². The first-order valence-electron chi connectivity index (χ1n) is 9.38. The Morgan fingerprint density at radius 3 is 2.39 bits per heavy atom. The molecule has 0 atom stereocenters. The minimum Gasteiger partial charge on any atom is -0.545 e. The van der Waals surface area contributed by atoms with Crippen LogP contribution in [0.25, 0.3) is 6.08 Å². The van der Waals surface area contributed by atoms with Gasteiger partial charge < -0.3 is 20.0 Å². The molecule has 1 N–H and O–H groups in total. The molecule has 31 heavy (non-hydrogen) atoms. The van der Waals surface area contributed by atoms with Gasteiger partial charge in [0.2, 0.25) is 5.91 Å². The average Bonchev–Trinajstić information content (AvgIpc) is 3.02. The maximum atomic E-state index is 12.5. The predicted molar refractivity (Wildman–Crippen MR) is 114 cm³/mol. The molecule has 1 aliphatic heterocycles. The Morgan fingerprint density at radius 1 is 1.10 bits per heavy atom. The number of nitrogens with one attached hydrogen (secondary N) is 1. The third-order valence-corrected chi connectivity index (χ3v) is 5.38. The molecule has 160 valence electrons. The molecular formula is C22H19N2O6S-. The van der Waals surface area contributed by atoms with E-state index in [0.717, 1.165) is 22.2 Å². The first-order valence-corrected chi connectivity index (χ1v) is 10.2. The summed E-state index contributed by atoms with van der Waals surface area (Å²) in [6.07, 6.45) is 2.05. The summed E-state index contributed by atoms with van der Waals surface area (Å²) in [6, 6.07) is 12.7. The highest BCUT2D eigenvalue weighted by Gasteiger charge is 2.34. The number of thioether (sulfide) groups is 1. The van der Waals surface area contributed by atoms with Crippen LogP contribution in [0.15, 0.2) is 53.4 Å². The molecule has 0 aromatic heterocycles. The van der Waals surface area contributed by atoms with Crippen LogP contribution >= 0.6 is 11.8 Å². The summed E-state index contributed by atoms with van der Waals surface area (Å²) in [7, 11) is 1.56. The molecule has 8 nitrogen and oxygen atoms in total. The first kappa shape index (κ1) is 22.1. The SMILES string of the molecule is COc1ccc(/C=C2\SC(=O)N(CCCC(=O)Nc3ccc(C(=O)[O-])cc3)C2=O)cc1. The third-order valence-electron chi connectivity index (χ3n) is 4.48. The number of imide groups is 1. The Balaban J connectivity index is 1.51. The van der Waals surface area contributed by atoms with Crippen LogP contribution in [0.2, 0.25) is 0 Å². The van der Waals surface area contributed by atoms with E-state index in [4.69, 9.17) is 4.74 Å². The number of aromatic carboxylic acids is 1. The molecule has 2 aromatic carbocycles. The van der Waals surface area contributed by atoms with E-state index in [1.807, 2.05) is 0 Å². The van der Waals surface area contributed by atoms with Crippen molar-refractivity contribution in [3.8, 4) is 5.75 Å². The number of amides is 3. The lowest BCUT2D eigenvalue weighted by atomic mass is 10.2. The second kappa shape index (κ2) is 9.94. The smallest absolute Gasteiger partial charge is 0.293 e. The molecule has 1 fully saturated rings. The molecule has 0 spiro atoms. The second-order valence-corrected chi connectivity index (χ2v) is 7.62. The molecule has 1 saturated heterocycles. The van der Waals surface area contributed by atoms with Crippen LogP contribution in [0.4, 0.5) is 10.5 Å². The molecule has 1 aliphatic rings. The Labute approximate surface area is 182 Å². The Bertz CT molecular complexity index is 1030. The highest BCUT2D eigenvalue weighted by Crippen LogP contribution is 2.32. The van der Waals surface area contributed by atoms with Gasteiger partial charge in [-0.1, -0.05) is 24.3 Å². The molecule has 0 unspecified atom stereocenters. The van der Waals surface area contributed by atoms with E-state index in [1.54, 1.807) is 37.5 Å². The molecule has 3 rings (SSSR count). The third kappa shape index (κ3) is 5.73. The number of benzene rings is 2. The number of hydrogen-bond donors (Lipinski definition) is 1.